The Morgan fingerprint density at radius 1 is 1.19 bits per heavy atom. The van der Waals surface area contributed by atoms with E-state index < -0.39 is 0 Å². The summed E-state index contributed by atoms with van der Waals surface area (Å²) in [6.07, 6.45) is 5.36. The second-order valence-corrected chi connectivity index (χ2v) is 7.61. The predicted octanol–water partition coefficient (Wildman–Crippen LogP) is 1.35. The highest BCUT2D eigenvalue weighted by Crippen LogP contribution is 2.18. The number of aromatic nitrogens is 1. The number of nitrogens with zero attached hydrogens (tertiary/aromatic N) is 4. The molecular formula is C19H30N6O2. The molecule has 0 aromatic carbocycles. The standard InChI is InChI=1S/C19H30N6O2/c1-23(2)17-7-6-15(13-20-17)21-14-5-4-10-25(12-8-14)19(27)22-16-9-11-24(3)18(16)26/h6-7,13-14,16,21H,4-5,8-12H2,1-3H3,(H,22,27)/t14-,16+/m0/s1. The lowest BCUT2D eigenvalue weighted by Crippen LogP contribution is -2.48. The first-order valence-electron chi connectivity index (χ1n) is 9.64. The Balaban J connectivity index is 1.49. The van der Waals surface area contributed by atoms with Gasteiger partial charge in [-0.15, -0.1) is 0 Å². The number of likely N-dealkylation sites (tertiary alicyclic amines) is 2. The van der Waals surface area contributed by atoms with Gasteiger partial charge in [-0.1, -0.05) is 0 Å². The summed E-state index contributed by atoms with van der Waals surface area (Å²) < 4.78 is 0. The van der Waals surface area contributed by atoms with E-state index in [1.807, 2.05) is 42.2 Å². The zero-order valence-electron chi connectivity index (χ0n) is 16.4. The Kier molecular flexibility index (Phi) is 6.03. The van der Waals surface area contributed by atoms with Gasteiger partial charge in [-0.05, 0) is 37.8 Å². The largest absolute Gasteiger partial charge is 0.381 e. The molecule has 2 atom stereocenters. The van der Waals surface area contributed by atoms with Crippen LogP contribution in [0.4, 0.5) is 16.3 Å². The zero-order valence-corrected chi connectivity index (χ0v) is 16.4. The number of likely N-dealkylation sites (N-methyl/N-ethyl adjacent to an activating group) is 1. The van der Waals surface area contributed by atoms with E-state index in [9.17, 15) is 9.59 Å². The minimum Gasteiger partial charge on any atom is -0.381 e. The fraction of sp³-hybridized carbons (Fsp3) is 0.632. The molecule has 2 N–H and O–H groups in total. The van der Waals surface area contributed by atoms with Gasteiger partial charge in [0.1, 0.15) is 11.9 Å². The van der Waals surface area contributed by atoms with Gasteiger partial charge in [0.25, 0.3) is 0 Å². The molecule has 2 aliphatic heterocycles. The smallest absolute Gasteiger partial charge is 0.318 e. The van der Waals surface area contributed by atoms with Crippen molar-refractivity contribution in [3.8, 4) is 0 Å². The molecule has 1 aromatic rings. The van der Waals surface area contributed by atoms with Crippen molar-refractivity contribution >= 4 is 23.4 Å². The number of carbonyl (C=O) groups is 2. The Labute approximate surface area is 160 Å². The van der Waals surface area contributed by atoms with Crippen LogP contribution in [-0.4, -0.2) is 79.6 Å². The minimum absolute atomic E-state index is 0.00591. The monoisotopic (exact) mass is 374 g/mol. The molecule has 2 aliphatic rings. The highest BCUT2D eigenvalue weighted by atomic mass is 16.2. The number of hydrogen-bond acceptors (Lipinski definition) is 5. The van der Waals surface area contributed by atoms with Crippen molar-refractivity contribution in [2.24, 2.45) is 0 Å². The molecule has 0 bridgehead atoms. The number of nitrogens with one attached hydrogen (secondary N) is 2. The van der Waals surface area contributed by atoms with Gasteiger partial charge in [-0.25, -0.2) is 9.78 Å². The van der Waals surface area contributed by atoms with Gasteiger partial charge in [0.2, 0.25) is 5.91 Å². The van der Waals surface area contributed by atoms with Crippen LogP contribution in [0.5, 0.6) is 0 Å². The SMILES string of the molecule is CN1CC[C@@H](NC(=O)N2CCC[C@H](Nc3ccc(N(C)C)nc3)CC2)C1=O. The van der Waals surface area contributed by atoms with Gasteiger partial charge in [-0.2, -0.15) is 0 Å². The molecule has 2 fully saturated rings. The van der Waals surface area contributed by atoms with Crippen molar-refractivity contribution in [3.05, 3.63) is 18.3 Å². The molecular weight excluding hydrogens is 344 g/mol. The molecule has 0 unspecified atom stereocenters. The van der Waals surface area contributed by atoms with Crippen LogP contribution in [0.15, 0.2) is 18.3 Å². The van der Waals surface area contributed by atoms with Crippen molar-refractivity contribution in [3.63, 3.8) is 0 Å². The van der Waals surface area contributed by atoms with Crippen LogP contribution >= 0.6 is 0 Å². The number of carbonyl (C=O) groups excluding carboxylic acids is 2. The van der Waals surface area contributed by atoms with Crippen LogP contribution in [0.25, 0.3) is 0 Å². The lowest BCUT2D eigenvalue weighted by Gasteiger charge is -2.23. The molecule has 3 heterocycles. The maximum absolute atomic E-state index is 12.5. The Morgan fingerprint density at radius 2 is 2.00 bits per heavy atom. The molecule has 8 heteroatoms. The third-order valence-electron chi connectivity index (χ3n) is 5.32. The summed E-state index contributed by atoms with van der Waals surface area (Å²) in [7, 11) is 5.71. The van der Waals surface area contributed by atoms with Crippen molar-refractivity contribution in [1.29, 1.82) is 0 Å². The molecule has 2 saturated heterocycles. The Bertz CT molecular complexity index is 663. The Hall–Kier alpha value is -2.51. The number of rotatable bonds is 4. The number of anilines is 2. The lowest BCUT2D eigenvalue weighted by molar-refractivity contribution is -0.128. The average Bonchev–Trinajstić information content (AvgIpc) is 2.85. The molecule has 1 aromatic heterocycles. The van der Waals surface area contributed by atoms with Gasteiger partial charge in [0.05, 0.1) is 11.9 Å². The molecule has 148 valence electrons. The summed E-state index contributed by atoms with van der Waals surface area (Å²) in [6, 6.07) is 3.85. The lowest BCUT2D eigenvalue weighted by atomic mass is 10.1. The summed E-state index contributed by atoms with van der Waals surface area (Å²) >= 11 is 0. The fourth-order valence-electron chi connectivity index (χ4n) is 3.61. The van der Waals surface area contributed by atoms with Crippen LogP contribution in [0, 0.1) is 0 Å². The molecule has 0 aliphatic carbocycles. The summed E-state index contributed by atoms with van der Waals surface area (Å²) in [5.74, 6) is 0.933. The summed E-state index contributed by atoms with van der Waals surface area (Å²) in [4.78, 5) is 34.4. The van der Waals surface area contributed by atoms with Crippen molar-refractivity contribution in [2.45, 2.75) is 37.8 Å². The van der Waals surface area contributed by atoms with E-state index in [1.54, 1.807) is 11.9 Å². The number of hydrogen-bond donors (Lipinski definition) is 2. The maximum Gasteiger partial charge on any atom is 0.318 e. The summed E-state index contributed by atoms with van der Waals surface area (Å²) in [5, 5.41) is 6.43. The van der Waals surface area contributed by atoms with E-state index >= 15 is 0 Å². The summed E-state index contributed by atoms with van der Waals surface area (Å²) in [5.41, 5.74) is 1.00. The van der Waals surface area contributed by atoms with E-state index in [2.05, 4.69) is 15.6 Å². The van der Waals surface area contributed by atoms with E-state index in [-0.39, 0.29) is 18.0 Å². The van der Waals surface area contributed by atoms with Crippen LogP contribution < -0.4 is 15.5 Å². The first kappa shape index (κ1) is 19.3. The van der Waals surface area contributed by atoms with Crippen LogP contribution in [0.2, 0.25) is 0 Å². The molecule has 27 heavy (non-hydrogen) atoms. The quantitative estimate of drug-likeness (QED) is 0.832. The van der Waals surface area contributed by atoms with Crippen LogP contribution in [-0.2, 0) is 4.79 Å². The zero-order chi connectivity index (χ0) is 19.4. The van der Waals surface area contributed by atoms with Crippen LogP contribution in [0.3, 0.4) is 0 Å². The van der Waals surface area contributed by atoms with E-state index in [4.69, 9.17) is 0 Å². The van der Waals surface area contributed by atoms with Crippen molar-refractivity contribution < 1.29 is 9.59 Å². The third-order valence-corrected chi connectivity index (χ3v) is 5.32. The Morgan fingerprint density at radius 3 is 2.63 bits per heavy atom. The predicted molar refractivity (Wildman–Crippen MR) is 106 cm³/mol. The van der Waals surface area contributed by atoms with Crippen molar-refractivity contribution in [1.82, 2.24) is 20.1 Å². The molecule has 0 spiro atoms. The normalized spacial score (nSPS) is 23.1. The fourth-order valence-corrected chi connectivity index (χ4v) is 3.61. The minimum atomic E-state index is -0.374. The van der Waals surface area contributed by atoms with Gasteiger partial charge in [0, 0.05) is 46.8 Å². The topological polar surface area (TPSA) is 80.8 Å². The van der Waals surface area contributed by atoms with E-state index in [0.717, 1.165) is 37.3 Å². The average molecular weight is 374 g/mol. The number of urea groups is 1. The highest BCUT2D eigenvalue weighted by Gasteiger charge is 2.31. The summed E-state index contributed by atoms with van der Waals surface area (Å²) in [6.45, 7) is 2.11. The molecule has 0 saturated carbocycles. The van der Waals surface area contributed by atoms with Gasteiger partial charge in [-0.3, -0.25) is 4.79 Å². The molecule has 8 nitrogen and oxygen atoms in total. The van der Waals surface area contributed by atoms with Gasteiger partial charge in [0.15, 0.2) is 0 Å². The van der Waals surface area contributed by atoms with E-state index in [1.165, 1.54) is 0 Å². The molecule has 0 radical (unpaired) electrons. The van der Waals surface area contributed by atoms with Crippen molar-refractivity contribution in [2.75, 3.05) is 51.0 Å². The molecule has 3 rings (SSSR count). The molecule has 3 amide bonds. The highest BCUT2D eigenvalue weighted by molar-refractivity contribution is 5.88. The second kappa shape index (κ2) is 8.45. The first-order chi connectivity index (χ1) is 12.9. The van der Waals surface area contributed by atoms with Gasteiger partial charge >= 0.3 is 6.03 Å². The van der Waals surface area contributed by atoms with Crippen LogP contribution in [0.1, 0.15) is 25.7 Å². The van der Waals surface area contributed by atoms with E-state index in [0.29, 0.717) is 25.6 Å². The maximum atomic E-state index is 12.5. The third kappa shape index (κ3) is 4.81. The first-order valence-corrected chi connectivity index (χ1v) is 9.64. The number of pyridine rings is 1. The number of amides is 3. The second-order valence-electron chi connectivity index (χ2n) is 7.61. The van der Waals surface area contributed by atoms with Gasteiger partial charge < -0.3 is 25.3 Å².